The van der Waals surface area contributed by atoms with Crippen LogP contribution in [0.5, 0.6) is 0 Å². The van der Waals surface area contributed by atoms with E-state index in [1.54, 1.807) is 12.1 Å². The maximum Gasteiger partial charge on any atom is 1.00 e. The van der Waals surface area contributed by atoms with Crippen molar-refractivity contribution in [1.82, 2.24) is 0 Å². The molecule has 1 aromatic rings. The first kappa shape index (κ1) is 36.8. The van der Waals surface area contributed by atoms with Crippen LogP contribution < -0.4 is 51.4 Å². The van der Waals surface area contributed by atoms with Crippen molar-refractivity contribution in [2.45, 2.75) is 166 Å². The number of hydrogen-bond donors (Lipinski definition) is 0. The van der Waals surface area contributed by atoms with Gasteiger partial charge in [0.15, 0.2) is 0 Å². The predicted octanol–water partition coefficient (Wildman–Crippen LogP) is 7.13. The molecule has 1 rings (SSSR count). The fourth-order valence-electron chi connectivity index (χ4n) is 4.94. The van der Waals surface area contributed by atoms with Crippen molar-refractivity contribution >= 4 is 10.1 Å². The summed E-state index contributed by atoms with van der Waals surface area (Å²) in [5, 5.41) is 0. The Morgan fingerprint density at radius 2 is 0.778 bits per heavy atom. The Bertz CT molecular complexity index is 688. The molecule has 0 amide bonds. The van der Waals surface area contributed by atoms with Gasteiger partial charge < -0.3 is 4.55 Å². The Morgan fingerprint density at radius 3 is 1.06 bits per heavy atom. The van der Waals surface area contributed by atoms with E-state index in [0.717, 1.165) is 18.4 Å². The zero-order chi connectivity index (χ0) is 25.5. The van der Waals surface area contributed by atoms with Crippen LogP contribution in [0, 0.1) is 0 Å². The molecule has 0 saturated heterocycles. The van der Waals surface area contributed by atoms with Gasteiger partial charge in [-0.25, -0.2) is 8.42 Å². The second kappa shape index (κ2) is 26.0. The summed E-state index contributed by atoms with van der Waals surface area (Å²) in [4.78, 5) is -0.134. The van der Waals surface area contributed by atoms with E-state index < -0.39 is 10.1 Å². The fraction of sp³-hybridized carbons (Fsp3) is 0.806. The molecule has 0 saturated carbocycles. The van der Waals surface area contributed by atoms with Gasteiger partial charge >= 0.3 is 51.4 Å². The summed E-state index contributed by atoms with van der Waals surface area (Å²) < 4.78 is 32.9. The minimum absolute atomic E-state index is 0. The normalized spacial score (nSPS) is 11.5. The summed E-state index contributed by atoms with van der Waals surface area (Å²) >= 11 is 0. The molecule has 0 atom stereocenters. The number of hydrogen-bond acceptors (Lipinski definition) is 3. The minimum Gasteiger partial charge on any atom is -0.744 e. The molecular formula is C31H55KO3S. The largest absolute Gasteiger partial charge is 1.00 e. The molecule has 5 heteroatoms. The van der Waals surface area contributed by atoms with E-state index in [1.807, 2.05) is 0 Å². The van der Waals surface area contributed by atoms with Crippen molar-refractivity contribution in [3.63, 3.8) is 0 Å². The summed E-state index contributed by atoms with van der Waals surface area (Å²) in [5.74, 6) is 0. The van der Waals surface area contributed by atoms with E-state index in [1.165, 1.54) is 153 Å². The molecule has 0 radical (unpaired) electrons. The van der Waals surface area contributed by atoms with Crippen molar-refractivity contribution in [3.8, 4) is 0 Å². The fourth-order valence-corrected chi connectivity index (χ4v) is 5.41. The molecule has 0 N–H and O–H groups in total. The van der Waals surface area contributed by atoms with Crippen molar-refractivity contribution in [1.29, 1.82) is 0 Å². The summed E-state index contributed by atoms with van der Waals surface area (Å²) in [6.07, 6.45) is 33.1. The van der Waals surface area contributed by atoms with Crippen molar-refractivity contribution < 1.29 is 64.4 Å². The van der Waals surface area contributed by atoms with Gasteiger partial charge in [0, 0.05) is 0 Å². The Hall–Kier alpha value is 0.766. The van der Waals surface area contributed by atoms with E-state index in [0.29, 0.717) is 0 Å². The van der Waals surface area contributed by atoms with Gasteiger partial charge in [-0.1, -0.05) is 160 Å². The van der Waals surface area contributed by atoms with Gasteiger partial charge in [-0.2, -0.15) is 0 Å². The first-order chi connectivity index (χ1) is 17.0. The molecular weight excluding hydrogens is 492 g/mol. The maximum absolute atomic E-state index is 11.0. The predicted molar refractivity (Wildman–Crippen MR) is 150 cm³/mol. The van der Waals surface area contributed by atoms with Crippen LogP contribution in [0.25, 0.3) is 0 Å². The van der Waals surface area contributed by atoms with Gasteiger partial charge in [-0.05, 0) is 30.5 Å². The Morgan fingerprint density at radius 1 is 0.500 bits per heavy atom. The molecule has 0 fully saturated rings. The second-order valence-electron chi connectivity index (χ2n) is 10.6. The summed E-state index contributed by atoms with van der Waals surface area (Å²) in [6, 6.07) is 6.39. The Balaban J connectivity index is 0.0000122. The molecule has 0 heterocycles. The first-order valence-electron chi connectivity index (χ1n) is 15.1. The molecule has 0 bridgehead atoms. The van der Waals surface area contributed by atoms with Crippen LogP contribution >= 0.6 is 0 Å². The molecule has 0 aromatic heterocycles. The second-order valence-corrected chi connectivity index (χ2v) is 12.0. The smallest absolute Gasteiger partial charge is 0.744 e. The number of benzene rings is 1. The quantitative estimate of drug-likeness (QED) is 0.0744. The minimum atomic E-state index is -4.33. The molecule has 0 unspecified atom stereocenters. The maximum atomic E-state index is 11.0. The van der Waals surface area contributed by atoms with Crippen LogP contribution in [-0.4, -0.2) is 13.0 Å². The van der Waals surface area contributed by atoms with Gasteiger partial charge in [0.1, 0.15) is 10.1 Å². The summed E-state index contributed by atoms with van der Waals surface area (Å²) in [7, 11) is -4.33. The van der Waals surface area contributed by atoms with Crippen molar-refractivity contribution in [2.24, 2.45) is 0 Å². The van der Waals surface area contributed by atoms with Crippen LogP contribution in [0.2, 0.25) is 0 Å². The molecule has 0 spiro atoms. The average Bonchev–Trinajstić information content (AvgIpc) is 2.84. The molecule has 36 heavy (non-hydrogen) atoms. The van der Waals surface area contributed by atoms with Crippen LogP contribution in [-0.2, 0) is 16.5 Å². The van der Waals surface area contributed by atoms with Gasteiger partial charge in [0.05, 0.1) is 4.90 Å². The average molecular weight is 547 g/mol. The van der Waals surface area contributed by atoms with Gasteiger partial charge in [0.25, 0.3) is 0 Å². The third kappa shape index (κ3) is 22.7. The van der Waals surface area contributed by atoms with Crippen LogP contribution in [0.4, 0.5) is 0 Å². The van der Waals surface area contributed by atoms with E-state index in [-0.39, 0.29) is 56.3 Å². The van der Waals surface area contributed by atoms with E-state index in [2.05, 4.69) is 6.92 Å². The van der Waals surface area contributed by atoms with Crippen molar-refractivity contribution in [2.75, 3.05) is 0 Å². The van der Waals surface area contributed by atoms with Gasteiger partial charge in [-0.3, -0.25) is 0 Å². The monoisotopic (exact) mass is 546 g/mol. The molecule has 3 nitrogen and oxygen atoms in total. The molecule has 204 valence electrons. The van der Waals surface area contributed by atoms with Crippen LogP contribution in [0.15, 0.2) is 29.2 Å². The third-order valence-electron chi connectivity index (χ3n) is 7.28. The summed E-state index contributed by atoms with van der Waals surface area (Å²) in [6.45, 7) is 2.29. The van der Waals surface area contributed by atoms with E-state index >= 15 is 0 Å². The SMILES string of the molecule is CCCCCCCCCCCCCCCCCCCCCCCCCc1ccc(S(=O)(=O)[O-])cc1.[K+]. The standard InChI is InChI=1S/C31H56O3S.K/c1-2-3-4-5-6-7-8-9-10-11-12-13-14-15-16-17-18-19-20-21-22-23-24-25-30-26-28-31(29-27-30)35(32,33)34;/h26-29H,2-25H2,1H3,(H,32,33,34);/q;+1/p-1. The zero-order valence-electron chi connectivity index (χ0n) is 23.9. The number of rotatable bonds is 25. The van der Waals surface area contributed by atoms with Gasteiger partial charge in [-0.15, -0.1) is 0 Å². The molecule has 0 aliphatic rings. The Labute approximate surface area is 267 Å². The van der Waals surface area contributed by atoms with Gasteiger partial charge in [0.2, 0.25) is 0 Å². The number of aryl methyl sites for hydroxylation is 1. The molecule has 0 aliphatic heterocycles. The molecule has 1 aromatic carbocycles. The third-order valence-corrected chi connectivity index (χ3v) is 8.13. The number of unbranched alkanes of at least 4 members (excludes halogenated alkanes) is 22. The topological polar surface area (TPSA) is 57.2 Å². The molecule has 0 aliphatic carbocycles. The van der Waals surface area contributed by atoms with E-state index in [4.69, 9.17) is 0 Å². The van der Waals surface area contributed by atoms with E-state index in [9.17, 15) is 13.0 Å². The Kier molecular flexibility index (Phi) is 26.6. The zero-order valence-corrected chi connectivity index (χ0v) is 27.9. The summed E-state index contributed by atoms with van der Waals surface area (Å²) in [5.41, 5.74) is 1.11. The van der Waals surface area contributed by atoms with Crippen LogP contribution in [0.1, 0.15) is 160 Å². The first-order valence-corrected chi connectivity index (χ1v) is 16.5. The van der Waals surface area contributed by atoms with Crippen molar-refractivity contribution in [3.05, 3.63) is 29.8 Å². The van der Waals surface area contributed by atoms with Crippen LogP contribution in [0.3, 0.4) is 0 Å².